The van der Waals surface area contributed by atoms with Crippen molar-refractivity contribution in [1.29, 1.82) is 0 Å². The van der Waals surface area contributed by atoms with Crippen LogP contribution in [0.4, 0.5) is 0 Å². The van der Waals surface area contributed by atoms with Crippen LogP contribution in [0, 0.1) is 0 Å². The lowest BCUT2D eigenvalue weighted by molar-refractivity contribution is 0.0650. The molecule has 0 aromatic carbocycles. The molecule has 3 heterocycles. The summed E-state index contributed by atoms with van der Waals surface area (Å²) in [5.41, 5.74) is 1.86. The van der Waals surface area contributed by atoms with E-state index in [2.05, 4.69) is 23.5 Å². The Morgan fingerprint density at radius 3 is 3.05 bits per heavy atom. The minimum atomic E-state index is 0.0456. The highest BCUT2D eigenvalue weighted by Gasteiger charge is 2.31. The average Bonchev–Trinajstić information content (AvgIpc) is 3.04. The smallest absolute Gasteiger partial charge is 0.274 e. The third kappa shape index (κ3) is 2.08. The van der Waals surface area contributed by atoms with Crippen molar-refractivity contribution in [2.24, 2.45) is 7.05 Å². The van der Waals surface area contributed by atoms with Gasteiger partial charge in [-0.1, -0.05) is 6.92 Å². The quantitative estimate of drug-likeness (QED) is 0.845. The predicted molar refractivity (Wildman–Crippen MR) is 75.3 cm³/mol. The van der Waals surface area contributed by atoms with Crippen molar-refractivity contribution in [2.75, 3.05) is 6.54 Å². The SMILES string of the molecule is CC[C@@H]1c2ccsc2CCN1C(=O)c1ccn(C)n1. The third-order valence-electron chi connectivity index (χ3n) is 3.68. The van der Waals surface area contributed by atoms with E-state index in [0.717, 1.165) is 19.4 Å². The van der Waals surface area contributed by atoms with Gasteiger partial charge in [0.05, 0.1) is 6.04 Å². The van der Waals surface area contributed by atoms with E-state index >= 15 is 0 Å². The predicted octanol–water partition coefficient (Wildman–Crippen LogP) is 2.63. The van der Waals surface area contributed by atoms with Crippen LogP contribution in [0.1, 0.15) is 40.3 Å². The molecule has 0 radical (unpaired) electrons. The van der Waals surface area contributed by atoms with Gasteiger partial charge in [0, 0.05) is 24.7 Å². The number of rotatable bonds is 2. The Morgan fingerprint density at radius 1 is 1.53 bits per heavy atom. The monoisotopic (exact) mass is 275 g/mol. The Hall–Kier alpha value is -1.62. The number of hydrogen-bond donors (Lipinski definition) is 0. The summed E-state index contributed by atoms with van der Waals surface area (Å²) in [5, 5.41) is 6.35. The molecule has 0 bridgehead atoms. The molecule has 4 nitrogen and oxygen atoms in total. The number of carbonyl (C=O) groups is 1. The summed E-state index contributed by atoms with van der Waals surface area (Å²) < 4.78 is 1.67. The maximum atomic E-state index is 12.6. The highest BCUT2D eigenvalue weighted by molar-refractivity contribution is 7.10. The van der Waals surface area contributed by atoms with Crippen LogP contribution in [0.2, 0.25) is 0 Å². The molecule has 0 fully saturated rings. The summed E-state index contributed by atoms with van der Waals surface area (Å²) in [4.78, 5) is 16.0. The zero-order valence-electron chi connectivity index (χ0n) is 11.2. The fourth-order valence-electron chi connectivity index (χ4n) is 2.76. The number of fused-ring (bicyclic) bond motifs is 1. The fourth-order valence-corrected chi connectivity index (χ4v) is 3.68. The molecule has 1 atom stereocenters. The van der Waals surface area contributed by atoms with Crippen molar-refractivity contribution in [3.63, 3.8) is 0 Å². The van der Waals surface area contributed by atoms with Crippen LogP contribution < -0.4 is 0 Å². The Morgan fingerprint density at radius 2 is 2.37 bits per heavy atom. The second-order valence-corrected chi connectivity index (χ2v) is 5.85. The van der Waals surface area contributed by atoms with Crippen LogP contribution in [0.3, 0.4) is 0 Å². The van der Waals surface area contributed by atoms with Crippen LogP contribution >= 0.6 is 11.3 Å². The Balaban J connectivity index is 1.91. The molecular weight excluding hydrogens is 258 g/mol. The number of hydrogen-bond acceptors (Lipinski definition) is 3. The summed E-state index contributed by atoms with van der Waals surface area (Å²) in [6.07, 6.45) is 3.72. The fraction of sp³-hybridized carbons (Fsp3) is 0.429. The first kappa shape index (κ1) is 12.4. The normalized spacial score (nSPS) is 18.4. The van der Waals surface area contributed by atoms with Gasteiger partial charge in [0.1, 0.15) is 5.69 Å². The lowest BCUT2D eigenvalue weighted by atomic mass is 9.97. The number of thiophene rings is 1. The molecule has 0 spiro atoms. The molecule has 19 heavy (non-hydrogen) atoms. The van der Waals surface area contributed by atoms with Gasteiger partial charge in [0.15, 0.2) is 0 Å². The van der Waals surface area contributed by atoms with E-state index in [1.165, 1.54) is 10.4 Å². The molecule has 100 valence electrons. The van der Waals surface area contributed by atoms with Crippen molar-refractivity contribution in [3.8, 4) is 0 Å². The molecule has 1 aliphatic heterocycles. The lowest BCUT2D eigenvalue weighted by Crippen LogP contribution is -2.39. The Kier molecular flexibility index (Phi) is 3.14. The van der Waals surface area contributed by atoms with Crippen LogP contribution in [0.15, 0.2) is 23.7 Å². The van der Waals surface area contributed by atoms with Crippen LogP contribution in [0.25, 0.3) is 0 Å². The summed E-state index contributed by atoms with van der Waals surface area (Å²) in [6.45, 7) is 2.93. The molecule has 2 aromatic heterocycles. The van der Waals surface area contributed by atoms with Crippen molar-refractivity contribution in [2.45, 2.75) is 25.8 Å². The maximum Gasteiger partial charge on any atom is 0.274 e. The molecule has 0 aliphatic carbocycles. The van der Waals surface area contributed by atoms with Gasteiger partial charge in [-0.2, -0.15) is 5.10 Å². The zero-order valence-corrected chi connectivity index (χ0v) is 12.0. The molecule has 0 saturated carbocycles. The molecule has 0 saturated heterocycles. The molecule has 3 rings (SSSR count). The third-order valence-corrected chi connectivity index (χ3v) is 4.67. The Bertz CT molecular complexity index is 601. The van der Waals surface area contributed by atoms with Crippen molar-refractivity contribution >= 4 is 17.2 Å². The van der Waals surface area contributed by atoms with Gasteiger partial charge in [0.25, 0.3) is 5.91 Å². The van der Waals surface area contributed by atoms with Crippen molar-refractivity contribution < 1.29 is 4.79 Å². The zero-order chi connectivity index (χ0) is 13.4. The highest BCUT2D eigenvalue weighted by Crippen LogP contribution is 2.35. The number of nitrogens with zero attached hydrogens (tertiary/aromatic N) is 3. The number of aromatic nitrogens is 2. The second kappa shape index (κ2) is 4.81. The van der Waals surface area contributed by atoms with Gasteiger partial charge in [-0.3, -0.25) is 9.48 Å². The minimum absolute atomic E-state index is 0.0456. The maximum absolute atomic E-state index is 12.6. The first-order valence-electron chi connectivity index (χ1n) is 6.57. The van der Waals surface area contributed by atoms with Gasteiger partial charge in [-0.05, 0) is 35.9 Å². The van der Waals surface area contributed by atoms with Gasteiger partial charge >= 0.3 is 0 Å². The van der Waals surface area contributed by atoms with E-state index in [9.17, 15) is 4.79 Å². The molecule has 0 N–H and O–H groups in total. The van der Waals surface area contributed by atoms with E-state index in [4.69, 9.17) is 0 Å². The molecule has 5 heteroatoms. The van der Waals surface area contributed by atoms with Crippen molar-refractivity contribution in [1.82, 2.24) is 14.7 Å². The first-order chi connectivity index (χ1) is 9.20. The number of aryl methyl sites for hydroxylation is 1. The summed E-state index contributed by atoms with van der Waals surface area (Å²) in [5.74, 6) is 0.0456. The number of carbonyl (C=O) groups excluding carboxylic acids is 1. The van der Waals surface area contributed by atoms with Gasteiger partial charge in [-0.25, -0.2) is 0 Å². The topological polar surface area (TPSA) is 38.1 Å². The standard InChI is InChI=1S/C14H17N3OS/c1-3-12-10-6-9-19-13(10)5-8-17(12)14(18)11-4-7-16(2)15-11/h4,6-7,9,12H,3,5,8H2,1-2H3/t12-/m1/s1. The van der Waals surface area contributed by atoms with Crippen LogP contribution in [-0.2, 0) is 13.5 Å². The van der Waals surface area contributed by atoms with E-state index in [-0.39, 0.29) is 11.9 Å². The Labute approximate surface area is 116 Å². The molecule has 1 amide bonds. The summed E-state index contributed by atoms with van der Waals surface area (Å²) >= 11 is 1.80. The van der Waals surface area contributed by atoms with Gasteiger partial charge in [0.2, 0.25) is 0 Å². The minimum Gasteiger partial charge on any atom is -0.330 e. The molecule has 2 aromatic rings. The van der Waals surface area contributed by atoms with Crippen LogP contribution in [-0.4, -0.2) is 27.1 Å². The highest BCUT2D eigenvalue weighted by atomic mass is 32.1. The average molecular weight is 275 g/mol. The van der Waals surface area contributed by atoms with E-state index in [0.29, 0.717) is 5.69 Å². The first-order valence-corrected chi connectivity index (χ1v) is 7.45. The second-order valence-electron chi connectivity index (χ2n) is 4.85. The molecule has 1 aliphatic rings. The molecular formula is C14H17N3OS. The van der Waals surface area contributed by atoms with E-state index < -0.39 is 0 Å². The summed E-state index contributed by atoms with van der Waals surface area (Å²) in [6, 6.07) is 4.15. The largest absolute Gasteiger partial charge is 0.330 e. The van der Waals surface area contributed by atoms with Gasteiger partial charge in [-0.15, -0.1) is 11.3 Å². The number of amides is 1. The van der Waals surface area contributed by atoms with Gasteiger partial charge < -0.3 is 4.90 Å². The van der Waals surface area contributed by atoms with E-state index in [1.54, 1.807) is 22.1 Å². The lowest BCUT2D eigenvalue weighted by Gasteiger charge is -2.35. The van der Waals surface area contributed by atoms with Crippen molar-refractivity contribution in [3.05, 3.63) is 39.8 Å². The summed E-state index contributed by atoms with van der Waals surface area (Å²) in [7, 11) is 1.83. The van der Waals surface area contributed by atoms with E-state index in [1.807, 2.05) is 18.1 Å². The molecule has 0 unspecified atom stereocenters. The van der Waals surface area contributed by atoms with Crippen LogP contribution in [0.5, 0.6) is 0 Å².